The fourth-order valence-electron chi connectivity index (χ4n) is 2.43. The van der Waals surface area contributed by atoms with Crippen LogP contribution in [0.3, 0.4) is 0 Å². The van der Waals surface area contributed by atoms with E-state index in [-0.39, 0.29) is 0 Å². The summed E-state index contributed by atoms with van der Waals surface area (Å²) in [5.74, 6) is 1.50. The molecule has 0 bridgehead atoms. The number of nitrogens with zero attached hydrogens (tertiary/aromatic N) is 3. The summed E-state index contributed by atoms with van der Waals surface area (Å²) in [4.78, 5) is 8.75. The number of nitrogens with two attached hydrogens (primary N) is 1. The maximum atomic E-state index is 5.86. The minimum Gasteiger partial charge on any atom is -0.370 e. The van der Waals surface area contributed by atoms with Gasteiger partial charge < -0.3 is 15.6 Å². The highest BCUT2D eigenvalue weighted by Gasteiger charge is 2.21. The Morgan fingerprint density at radius 3 is 2.91 bits per heavy atom. The summed E-state index contributed by atoms with van der Waals surface area (Å²) >= 11 is 0. The highest BCUT2D eigenvalue weighted by molar-refractivity contribution is 5.78. The lowest BCUT2D eigenvalue weighted by Crippen LogP contribution is -2.33. The molecule has 22 heavy (non-hydrogen) atoms. The van der Waals surface area contributed by atoms with Gasteiger partial charge in [-0.1, -0.05) is 30.3 Å². The molecule has 0 radical (unpaired) electrons. The predicted octanol–water partition coefficient (Wildman–Crippen LogP) is 2.08. The second-order valence-corrected chi connectivity index (χ2v) is 5.75. The molecule has 1 aromatic heterocycles. The van der Waals surface area contributed by atoms with Crippen LogP contribution in [0.2, 0.25) is 0 Å². The van der Waals surface area contributed by atoms with Crippen LogP contribution in [0.25, 0.3) is 0 Å². The monoisotopic (exact) mass is 297 g/mol. The summed E-state index contributed by atoms with van der Waals surface area (Å²) < 4.78 is 2.16. The van der Waals surface area contributed by atoms with E-state index >= 15 is 0 Å². The molecule has 1 aliphatic rings. The van der Waals surface area contributed by atoms with Crippen LogP contribution in [-0.2, 0) is 19.5 Å². The molecular formula is C17H23N5. The average molecular weight is 297 g/mol. The molecule has 0 saturated heterocycles. The molecule has 1 aliphatic carbocycles. The summed E-state index contributed by atoms with van der Waals surface area (Å²) in [6, 6.07) is 11.1. The molecule has 0 aliphatic heterocycles. The first-order chi connectivity index (χ1) is 10.8. The number of aromatic nitrogens is 2. The van der Waals surface area contributed by atoms with Crippen molar-refractivity contribution in [2.45, 2.75) is 44.8 Å². The third-order valence-electron chi connectivity index (χ3n) is 3.83. The Labute approximate surface area is 131 Å². The second-order valence-electron chi connectivity index (χ2n) is 5.75. The van der Waals surface area contributed by atoms with E-state index in [1.165, 1.54) is 18.4 Å². The normalized spacial score (nSPS) is 15.0. The van der Waals surface area contributed by atoms with Crippen molar-refractivity contribution < 1.29 is 0 Å². The van der Waals surface area contributed by atoms with E-state index in [1.807, 2.05) is 12.4 Å². The summed E-state index contributed by atoms with van der Waals surface area (Å²) in [5.41, 5.74) is 7.23. The molecule has 1 aromatic carbocycles. The fraction of sp³-hybridized carbons (Fsp3) is 0.412. The number of rotatable bonds is 7. The molecule has 0 amide bonds. The van der Waals surface area contributed by atoms with Gasteiger partial charge in [0.05, 0.1) is 0 Å². The Balaban J connectivity index is 1.48. The number of guanidine groups is 1. The molecule has 0 unspecified atom stereocenters. The minimum absolute atomic E-state index is 0.529. The van der Waals surface area contributed by atoms with Gasteiger partial charge in [-0.05, 0) is 31.2 Å². The number of benzene rings is 1. The number of hydrogen-bond donors (Lipinski definition) is 2. The minimum atomic E-state index is 0.529. The molecular weight excluding hydrogens is 274 g/mol. The lowest BCUT2D eigenvalue weighted by atomic mass is 10.1. The van der Waals surface area contributed by atoms with Crippen molar-refractivity contribution >= 4 is 5.96 Å². The van der Waals surface area contributed by atoms with Crippen LogP contribution in [0.4, 0.5) is 0 Å². The van der Waals surface area contributed by atoms with Crippen LogP contribution >= 0.6 is 0 Å². The van der Waals surface area contributed by atoms with Crippen molar-refractivity contribution in [3.63, 3.8) is 0 Å². The standard InChI is InChI=1S/C17H23N5/c18-17(21-15-8-9-15)20-13-16-19-10-12-22(16)11-4-7-14-5-2-1-3-6-14/h1-3,5-6,10,12,15H,4,7-9,11,13H2,(H3,18,20,21). The lowest BCUT2D eigenvalue weighted by Gasteiger charge is -2.07. The Hall–Kier alpha value is -2.30. The highest BCUT2D eigenvalue weighted by atomic mass is 15.1. The van der Waals surface area contributed by atoms with Crippen molar-refractivity contribution in [3.05, 3.63) is 54.1 Å². The van der Waals surface area contributed by atoms with Gasteiger partial charge in [-0.3, -0.25) is 0 Å². The second kappa shape index (κ2) is 7.11. The molecule has 5 nitrogen and oxygen atoms in total. The molecule has 1 fully saturated rings. The first kappa shape index (κ1) is 14.6. The molecule has 0 spiro atoms. The number of aryl methyl sites for hydroxylation is 2. The van der Waals surface area contributed by atoms with Gasteiger partial charge >= 0.3 is 0 Å². The number of aliphatic imine (C=N–C) groups is 1. The van der Waals surface area contributed by atoms with Crippen LogP contribution in [-0.4, -0.2) is 21.6 Å². The van der Waals surface area contributed by atoms with Crippen LogP contribution in [0.1, 0.15) is 30.7 Å². The molecule has 0 atom stereocenters. The van der Waals surface area contributed by atoms with Gasteiger partial charge in [0.25, 0.3) is 0 Å². The van der Waals surface area contributed by atoms with E-state index in [0.717, 1.165) is 25.2 Å². The maximum Gasteiger partial charge on any atom is 0.189 e. The summed E-state index contributed by atoms with van der Waals surface area (Å²) in [6.07, 6.45) is 8.41. The van der Waals surface area contributed by atoms with Crippen LogP contribution < -0.4 is 11.1 Å². The van der Waals surface area contributed by atoms with Crippen LogP contribution in [0.5, 0.6) is 0 Å². The third kappa shape index (κ3) is 4.35. The number of imidazole rings is 1. The largest absolute Gasteiger partial charge is 0.370 e. The smallest absolute Gasteiger partial charge is 0.189 e. The Morgan fingerprint density at radius 1 is 1.32 bits per heavy atom. The predicted molar refractivity (Wildman–Crippen MR) is 88.5 cm³/mol. The summed E-state index contributed by atoms with van der Waals surface area (Å²) in [5, 5.41) is 3.19. The fourth-order valence-corrected chi connectivity index (χ4v) is 2.43. The first-order valence-electron chi connectivity index (χ1n) is 7.91. The van der Waals surface area contributed by atoms with Gasteiger partial charge in [0.2, 0.25) is 0 Å². The van der Waals surface area contributed by atoms with Gasteiger partial charge in [0.1, 0.15) is 12.4 Å². The molecule has 3 N–H and O–H groups in total. The van der Waals surface area contributed by atoms with Gasteiger partial charge in [-0.25, -0.2) is 9.98 Å². The van der Waals surface area contributed by atoms with Crippen molar-refractivity contribution in [1.82, 2.24) is 14.9 Å². The Kier molecular flexibility index (Phi) is 4.73. The topological polar surface area (TPSA) is 68.2 Å². The SMILES string of the molecule is NC(=NCc1nccn1CCCc1ccccc1)NC1CC1. The van der Waals surface area contributed by atoms with Crippen molar-refractivity contribution in [1.29, 1.82) is 0 Å². The lowest BCUT2D eigenvalue weighted by molar-refractivity contribution is 0.611. The van der Waals surface area contributed by atoms with Gasteiger partial charge in [-0.15, -0.1) is 0 Å². The quantitative estimate of drug-likeness (QED) is 0.607. The average Bonchev–Trinajstić information content (AvgIpc) is 3.23. The first-order valence-corrected chi connectivity index (χ1v) is 7.91. The van der Waals surface area contributed by atoms with Crippen LogP contribution in [0.15, 0.2) is 47.7 Å². The Morgan fingerprint density at radius 2 is 2.14 bits per heavy atom. The van der Waals surface area contributed by atoms with E-state index in [9.17, 15) is 0 Å². The molecule has 2 aromatic rings. The zero-order valence-electron chi connectivity index (χ0n) is 12.8. The van der Waals surface area contributed by atoms with Gasteiger partial charge in [-0.2, -0.15) is 0 Å². The number of nitrogens with one attached hydrogen (secondary N) is 1. The Bertz CT molecular complexity index is 613. The third-order valence-corrected chi connectivity index (χ3v) is 3.83. The van der Waals surface area contributed by atoms with E-state index in [1.54, 1.807) is 0 Å². The van der Waals surface area contributed by atoms with Crippen molar-refractivity contribution in [2.75, 3.05) is 0 Å². The van der Waals surface area contributed by atoms with Crippen molar-refractivity contribution in [2.24, 2.45) is 10.7 Å². The van der Waals surface area contributed by atoms with E-state index in [0.29, 0.717) is 18.5 Å². The van der Waals surface area contributed by atoms with E-state index in [4.69, 9.17) is 5.73 Å². The van der Waals surface area contributed by atoms with Gasteiger partial charge in [0, 0.05) is 25.0 Å². The van der Waals surface area contributed by atoms with Crippen molar-refractivity contribution in [3.8, 4) is 0 Å². The van der Waals surface area contributed by atoms with E-state index < -0.39 is 0 Å². The molecule has 1 heterocycles. The van der Waals surface area contributed by atoms with Gasteiger partial charge in [0.15, 0.2) is 5.96 Å². The molecule has 116 valence electrons. The molecule has 3 rings (SSSR count). The van der Waals surface area contributed by atoms with E-state index in [2.05, 4.69) is 50.2 Å². The zero-order valence-corrected chi connectivity index (χ0v) is 12.8. The number of hydrogen-bond acceptors (Lipinski definition) is 2. The molecule has 5 heteroatoms. The molecule has 1 saturated carbocycles. The highest BCUT2D eigenvalue weighted by Crippen LogP contribution is 2.18. The summed E-state index contributed by atoms with van der Waals surface area (Å²) in [6.45, 7) is 1.49. The summed E-state index contributed by atoms with van der Waals surface area (Å²) in [7, 11) is 0. The zero-order chi connectivity index (χ0) is 15.2. The maximum absolute atomic E-state index is 5.86. The van der Waals surface area contributed by atoms with Crippen LogP contribution in [0, 0.1) is 0 Å².